The first-order valence-electron chi connectivity index (χ1n) is 14.8. The van der Waals surface area contributed by atoms with Crippen molar-refractivity contribution in [1.29, 1.82) is 0 Å². The van der Waals surface area contributed by atoms with E-state index in [9.17, 15) is 0 Å². The zero-order chi connectivity index (χ0) is 28.8. The highest BCUT2D eigenvalue weighted by Crippen LogP contribution is 2.46. The molecule has 0 saturated carbocycles. The van der Waals surface area contributed by atoms with Crippen molar-refractivity contribution in [3.63, 3.8) is 0 Å². The van der Waals surface area contributed by atoms with Crippen LogP contribution in [0.15, 0.2) is 144 Å². The van der Waals surface area contributed by atoms with Crippen molar-refractivity contribution in [2.24, 2.45) is 0 Å². The van der Waals surface area contributed by atoms with Crippen LogP contribution in [0, 0.1) is 0 Å². The summed E-state index contributed by atoms with van der Waals surface area (Å²) in [6, 6.07) is 48.7. The number of nitrogens with zero attached hydrogens (tertiary/aromatic N) is 3. The minimum absolute atomic E-state index is 0.641. The molecular formula is C40H23N3O. The molecule has 10 aromatic rings. The van der Waals surface area contributed by atoms with Gasteiger partial charge in [-0.2, -0.15) is 0 Å². The summed E-state index contributed by atoms with van der Waals surface area (Å²) in [6.07, 6.45) is 0. The van der Waals surface area contributed by atoms with Gasteiger partial charge in [-0.1, -0.05) is 109 Å². The Morgan fingerprint density at radius 3 is 1.64 bits per heavy atom. The van der Waals surface area contributed by atoms with Gasteiger partial charge in [0.25, 0.3) is 0 Å². The van der Waals surface area contributed by atoms with Gasteiger partial charge in [0.1, 0.15) is 11.2 Å². The van der Waals surface area contributed by atoms with Crippen molar-refractivity contribution in [3.05, 3.63) is 140 Å². The molecule has 0 unspecified atom stereocenters. The van der Waals surface area contributed by atoms with E-state index >= 15 is 0 Å². The normalized spacial score (nSPS) is 12.1. The number of aromatic nitrogens is 3. The number of hydrogen-bond donors (Lipinski definition) is 0. The fourth-order valence-electron chi connectivity index (χ4n) is 7.12. The number of benzene rings is 6. The standard InChI is InChI=1S/C40H23N3O/c1-3-11-24(12-4-1)30-23-31(25-13-5-2-6-14-25)42-40(41-30)43-32-19-9-17-28-26-15-7-8-16-27(26)29-18-10-20-34-37(29)39-35(44-34)22-21-33(43)38(39)36(28)32/h1-23H. The lowest BCUT2D eigenvalue weighted by molar-refractivity contribution is 0.669. The van der Waals surface area contributed by atoms with Gasteiger partial charge >= 0.3 is 0 Å². The molecule has 0 aliphatic rings. The molecule has 0 N–H and O–H groups in total. The summed E-state index contributed by atoms with van der Waals surface area (Å²) in [5.41, 5.74) is 7.77. The predicted molar refractivity (Wildman–Crippen MR) is 181 cm³/mol. The summed E-state index contributed by atoms with van der Waals surface area (Å²) in [5.74, 6) is 0.641. The van der Waals surface area contributed by atoms with Crippen LogP contribution in [0.2, 0.25) is 0 Å². The zero-order valence-corrected chi connectivity index (χ0v) is 23.5. The molecule has 0 aliphatic carbocycles. The van der Waals surface area contributed by atoms with Crippen LogP contribution in [0.3, 0.4) is 0 Å². The zero-order valence-electron chi connectivity index (χ0n) is 23.5. The molecule has 0 amide bonds. The third-order valence-corrected chi connectivity index (χ3v) is 8.98. The molecule has 0 aliphatic heterocycles. The van der Waals surface area contributed by atoms with Gasteiger partial charge in [0.2, 0.25) is 5.95 Å². The van der Waals surface area contributed by atoms with Crippen LogP contribution in [0.25, 0.3) is 93.8 Å². The molecule has 44 heavy (non-hydrogen) atoms. The van der Waals surface area contributed by atoms with E-state index < -0.39 is 0 Å². The second kappa shape index (κ2) is 8.76. The van der Waals surface area contributed by atoms with E-state index in [1.807, 2.05) is 12.1 Å². The highest BCUT2D eigenvalue weighted by atomic mass is 16.3. The Labute approximate surface area is 251 Å². The van der Waals surface area contributed by atoms with Crippen LogP contribution < -0.4 is 0 Å². The van der Waals surface area contributed by atoms with Crippen molar-refractivity contribution in [2.75, 3.05) is 0 Å². The van der Waals surface area contributed by atoms with Gasteiger partial charge in [-0.3, -0.25) is 4.57 Å². The van der Waals surface area contributed by atoms with Gasteiger partial charge in [-0.15, -0.1) is 0 Å². The van der Waals surface area contributed by atoms with Crippen molar-refractivity contribution in [1.82, 2.24) is 14.5 Å². The van der Waals surface area contributed by atoms with Gasteiger partial charge in [0.15, 0.2) is 0 Å². The molecule has 4 nitrogen and oxygen atoms in total. The number of fused-ring (bicyclic) bond motifs is 3. The van der Waals surface area contributed by atoms with Crippen molar-refractivity contribution >= 4 is 65.3 Å². The lowest BCUT2D eigenvalue weighted by Crippen LogP contribution is -2.03. The van der Waals surface area contributed by atoms with E-state index in [0.717, 1.165) is 55.5 Å². The van der Waals surface area contributed by atoms with Crippen molar-refractivity contribution < 1.29 is 4.42 Å². The molecular weight excluding hydrogens is 538 g/mol. The summed E-state index contributed by atoms with van der Waals surface area (Å²) in [4.78, 5) is 10.5. The van der Waals surface area contributed by atoms with Crippen LogP contribution in [-0.2, 0) is 0 Å². The lowest BCUT2D eigenvalue weighted by Gasteiger charge is -2.11. The van der Waals surface area contributed by atoms with Crippen LogP contribution in [0.4, 0.5) is 0 Å². The van der Waals surface area contributed by atoms with Crippen LogP contribution in [0.5, 0.6) is 0 Å². The Morgan fingerprint density at radius 1 is 0.409 bits per heavy atom. The third kappa shape index (κ3) is 3.17. The molecule has 0 bridgehead atoms. The van der Waals surface area contributed by atoms with Gasteiger partial charge < -0.3 is 4.42 Å². The van der Waals surface area contributed by atoms with Crippen molar-refractivity contribution in [2.45, 2.75) is 0 Å². The summed E-state index contributed by atoms with van der Waals surface area (Å²) >= 11 is 0. The Bertz CT molecular complexity index is 2650. The van der Waals surface area contributed by atoms with Gasteiger partial charge in [-0.25, -0.2) is 9.97 Å². The highest BCUT2D eigenvalue weighted by Gasteiger charge is 2.24. The quantitative estimate of drug-likeness (QED) is 0.215. The smallest absolute Gasteiger partial charge is 0.235 e. The molecule has 0 spiro atoms. The highest BCUT2D eigenvalue weighted by molar-refractivity contribution is 6.38. The first-order valence-corrected chi connectivity index (χ1v) is 14.8. The molecule has 3 heterocycles. The van der Waals surface area contributed by atoms with Crippen LogP contribution in [-0.4, -0.2) is 14.5 Å². The first kappa shape index (κ1) is 23.6. The molecule has 7 aromatic carbocycles. The van der Waals surface area contributed by atoms with Gasteiger partial charge in [0.05, 0.1) is 22.4 Å². The third-order valence-electron chi connectivity index (χ3n) is 8.98. The average Bonchev–Trinajstić information content (AvgIpc) is 3.64. The summed E-state index contributed by atoms with van der Waals surface area (Å²) < 4.78 is 8.76. The lowest BCUT2D eigenvalue weighted by atomic mass is 9.95. The largest absolute Gasteiger partial charge is 0.456 e. The SMILES string of the molecule is c1ccc(-c2cc(-c3ccccc3)nc(-n3c4cccc5c6ccccc6c6cccc7oc8ccc3c(c8c76)c54)n2)cc1. The average molecular weight is 562 g/mol. The Morgan fingerprint density at radius 2 is 0.955 bits per heavy atom. The van der Waals surface area contributed by atoms with E-state index in [-0.39, 0.29) is 0 Å². The molecule has 3 aromatic heterocycles. The van der Waals surface area contributed by atoms with Crippen LogP contribution in [0.1, 0.15) is 0 Å². The minimum Gasteiger partial charge on any atom is -0.456 e. The summed E-state index contributed by atoms with van der Waals surface area (Å²) in [5, 5.41) is 9.44. The monoisotopic (exact) mass is 561 g/mol. The van der Waals surface area contributed by atoms with E-state index in [0.29, 0.717) is 5.95 Å². The fraction of sp³-hybridized carbons (Fsp3) is 0. The summed E-state index contributed by atoms with van der Waals surface area (Å²) in [7, 11) is 0. The molecule has 0 atom stereocenters. The second-order valence-corrected chi connectivity index (χ2v) is 11.4. The minimum atomic E-state index is 0.641. The number of furan rings is 1. The maximum atomic E-state index is 6.52. The van der Waals surface area contributed by atoms with E-state index in [4.69, 9.17) is 14.4 Å². The molecule has 0 radical (unpaired) electrons. The Hall–Kier alpha value is -6.00. The van der Waals surface area contributed by atoms with Gasteiger partial charge in [-0.05, 0) is 51.9 Å². The Kier molecular flexibility index (Phi) is 4.69. The van der Waals surface area contributed by atoms with Gasteiger partial charge in [0, 0.05) is 32.7 Å². The van der Waals surface area contributed by atoms with E-state index in [1.54, 1.807) is 0 Å². The Balaban J connectivity index is 1.43. The maximum Gasteiger partial charge on any atom is 0.235 e. The van der Waals surface area contributed by atoms with E-state index in [2.05, 4.69) is 132 Å². The maximum absolute atomic E-state index is 6.52. The second-order valence-electron chi connectivity index (χ2n) is 11.4. The molecule has 0 saturated heterocycles. The number of hydrogen-bond acceptors (Lipinski definition) is 3. The number of rotatable bonds is 3. The predicted octanol–water partition coefficient (Wildman–Crippen LogP) is 10.6. The molecule has 0 fully saturated rings. The topological polar surface area (TPSA) is 43.9 Å². The van der Waals surface area contributed by atoms with Crippen molar-refractivity contribution in [3.8, 4) is 28.5 Å². The van der Waals surface area contributed by atoms with Crippen LogP contribution >= 0.6 is 0 Å². The summed E-state index contributed by atoms with van der Waals surface area (Å²) in [6.45, 7) is 0. The van der Waals surface area contributed by atoms with E-state index in [1.165, 1.54) is 32.3 Å². The fourth-order valence-corrected chi connectivity index (χ4v) is 7.12. The molecule has 4 heteroatoms. The molecule has 10 rings (SSSR count). The first-order chi connectivity index (χ1) is 21.8. The molecule has 204 valence electrons.